The number of rotatable bonds is 2. The van der Waals surface area contributed by atoms with Crippen molar-refractivity contribution < 1.29 is 13.2 Å². The summed E-state index contributed by atoms with van der Waals surface area (Å²) < 4.78 is 32.1. The number of nitrogens with one attached hydrogen (secondary N) is 2. The van der Waals surface area contributed by atoms with Crippen molar-refractivity contribution >= 4 is 44.3 Å². The molecule has 0 amide bonds. The molecular weight excluding hydrogens is 360 g/mol. The quantitative estimate of drug-likeness (QED) is 0.283. The van der Waals surface area contributed by atoms with Crippen molar-refractivity contribution in [1.29, 1.82) is 0 Å². The molecule has 0 fully saturated rings. The number of hydrogen-bond donors (Lipinski definition) is 3. The molecular formula is C16H12N4O3S2. The van der Waals surface area contributed by atoms with Gasteiger partial charge in [0.25, 0.3) is 0 Å². The summed E-state index contributed by atoms with van der Waals surface area (Å²) in [7, 11) is -3.74. The third-order valence-corrected chi connectivity index (χ3v) is 5.75. The predicted octanol–water partition coefficient (Wildman–Crippen LogP) is 2.27. The Kier molecular flexibility index (Phi) is 3.48. The molecule has 4 rings (SSSR count). The summed E-state index contributed by atoms with van der Waals surface area (Å²) in [6.07, 6.45) is 3.11. The lowest BCUT2D eigenvalue weighted by Gasteiger charge is -2.21. The summed E-state index contributed by atoms with van der Waals surface area (Å²) in [5.41, 5.74) is 9.01. The van der Waals surface area contributed by atoms with Crippen molar-refractivity contribution in [3.05, 3.63) is 48.2 Å². The highest BCUT2D eigenvalue weighted by molar-refractivity contribution is 7.92. The molecule has 0 radical (unpaired) electrons. The fraction of sp³-hybridized carbons (Fsp3) is 0. The summed E-state index contributed by atoms with van der Waals surface area (Å²) in [5, 5.41) is 4.42. The number of nitrogens with two attached hydrogens (primary N) is 1. The van der Waals surface area contributed by atoms with Gasteiger partial charge < -0.3 is 15.5 Å². The Hall–Kier alpha value is -2.91. The van der Waals surface area contributed by atoms with Crippen molar-refractivity contribution in [3.8, 4) is 11.5 Å². The van der Waals surface area contributed by atoms with Crippen LogP contribution in [0.2, 0.25) is 0 Å². The first-order chi connectivity index (χ1) is 12.0. The molecule has 9 heteroatoms. The van der Waals surface area contributed by atoms with Gasteiger partial charge in [-0.2, -0.15) is 5.10 Å². The number of benzene rings is 2. The SMILES string of the molecule is NC(=S)NN=Cc1c[nH]c2ccc3c(c12)S(=O)(=O)c1ccccc1O3. The number of aromatic nitrogens is 1. The lowest BCUT2D eigenvalue weighted by molar-refractivity contribution is 0.445. The maximum absolute atomic E-state index is 13.1. The molecule has 1 aliphatic heterocycles. The Morgan fingerprint density at radius 2 is 2.04 bits per heavy atom. The van der Waals surface area contributed by atoms with Crippen LogP contribution in [0.15, 0.2) is 57.5 Å². The number of H-pyrrole nitrogens is 1. The Bertz CT molecular complexity index is 1150. The van der Waals surface area contributed by atoms with Crippen LogP contribution in [-0.4, -0.2) is 24.7 Å². The smallest absolute Gasteiger partial charge is 0.214 e. The second-order valence-corrected chi connectivity index (χ2v) is 7.64. The summed E-state index contributed by atoms with van der Waals surface area (Å²) in [6.45, 7) is 0. The lowest BCUT2D eigenvalue weighted by atomic mass is 10.1. The second kappa shape index (κ2) is 5.57. The minimum Gasteiger partial charge on any atom is -0.455 e. The van der Waals surface area contributed by atoms with E-state index in [2.05, 4.69) is 15.5 Å². The number of para-hydroxylation sites is 1. The van der Waals surface area contributed by atoms with E-state index in [1.165, 1.54) is 12.3 Å². The van der Waals surface area contributed by atoms with Gasteiger partial charge in [-0.15, -0.1) is 0 Å². The average Bonchev–Trinajstić information content (AvgIpc) is 2.97. The van der Waals surface area contributed by atoms with Crippen LogP contribution in [-0.2, 0) is 9.84 Å². The van der Waals surface area contributed by atoms with Crippen molar-refractivity contribution in [2.24, 2.45) is 10.8 Å². The fourth-order valence-corrected chi connectivity index (χ4v) is 4.57. The second-order valence-electron chi connectivity index (χ2n) is 5.35. The highest BCUT2D eigenvalue weighted by Gasteiger charge is 2.34. The van der Waals surface area contributed by atoms with E-state index in [9.17, 15) is 8.42 Å². The van der Waals surface area contributed by atoms with Crippen LogP contribution in [0.1, 0.15) is 5.56 Å². The van der Waals surface area contributed by atoms with Crippen LogP contribution >= 0.6 is 12.2 Å². The number of hydrazone groups is 1. The summed E-state index contributed by atoms with van der Waals surface area (Å²) in [5.74, 6) is 0.595. The van der Waals surface area contributed by atoms with Gasteiger partial charge in [0.2, 0.25) is 9.84 Å². The highest BCUT2D eigenvalue weighted by atomic mass is 32.2. The zero-order chi connectivity index (χ0) is 17.6. The number of thiocarbonyl (C=S) groups is 1. The molecule has 1 aromatic heterocycles. The molecule has 25 heavy (non-hydrogen) atoms. The molecule has 0 atom stereocenters. The van der Waals surface area contributed by atoms with Gasteiger partial charge in [0, 0.05) is 22.7 Å². The van der Waals surface area contributed by atoms with Crippen molar-refractivity contribution in [3.63, 3.8) is 0 Å². The Balaban J connectivity index is 1.97. The molecule has 0 unspecified atom stereocenters. The minimum absolute atomic E-state index is 0.0167. The van der Waals surface area contributed by atoms with Gasteiger partial charge in [-0.05, 0) is 36.5 Å². The number of ether oxygens (including phenoxy) is 1. The summed E-state index contributed by atoms with van der Waals surface area (Å²) in [4.78, 5) is 3.29. The van der Waals surface area contributed by atoms with Gasteiger partial charge in [0.1, 0.15) is 21.3 Å². The number of sulfone groups is 1. The standard InChI is InChI=1S/C16H12N4O3S2/c17-16(24)20-19-8-9-7-18-10-5-6-12-15(14(9)10)25(21,22)13-4-2-1-3-11(13)23-12/h1-8,18H,(H3,17,20,24). The molecule has 2 aromatic carbocycles. The van der Waals surface area contributed by atoms with Gasteiger partial charge >= 0.3 is 0 Å². The average molecular weight is 372 g/mol. The van der Waals surface area contributed by atoms with Crippen molar-refractivity contribution in [2.75, 3.05) is 0 Å². The molecule has 7 nitrogen and oxygen atoms in total. The first-order valence-electron chi connectivity index (χ1n) is 7.23. The van der Waals surface area contributed by atoms with E-state index < -0.39 is 9.84 Å². The van der Waals surface area contributed by atoms with E-state index in [1.54, 1.807) is 36.5 Å². The van der Waals surface area contributed by atoms with Gasteiger partial charge in [-0.3, -0.25) is 5.43 Å². The predicted molar refractivity (Wildman–Crippen MR) is 97.8 cm³/mol. The third kappa shape index (κ3) is 2.44. The zero-order valence-electron chi connectivity index (χ0n) is 12.7. The maximum Gasteiger partial charge on any atom is 0.214 e. The number of hydrogen-bond acceptors (Lipinski definition) is 5. The molecule has 1 aliphatic rings. The molecule has 126 valence electrons. The van der Waals surface area contributed by atoms with Gasteiger partial charge in [-0.1, -0.05) is 12.1 Å². The van der Waals surface area contributed by atoms with Crippen LogP contribution in [0, 0.1) is 0 Å². The highest BCUT2D eigenvalue weighted by Crippen LogP contribution is 2.45. The van der Waals surface area contributed by atoms with Crippen molar-refractivity contribution in [1.82, 2.24) is 10.4 Å². The first kappa shape index (κ1) is 15.6. The van der Waals surface area contributed by atoms with Gasteiger partial charge in [-0.25, -0.2) is 8.42 Å². The molecule has 0 aliphatic carbocycles. The first-order valence-corrected chi connectivity index (χ1v) is 9.12. The number of nitrogens with zero attached hydrogens (tertiary/aromatic N) is 1. The van der Waals surface area contributed by atoms with Gasteiger partial charge in [0.15, 0.2) is 5.11 Å². The molecule has 4 N–H and O–H groups in total. The van der Waals surface area contributed by atoms with Crippen LogP contribution < -0.4 is 15.9 Å². The third-order valence-electron chi connectivity index (χ3n) is 3.80. The van der Waals surface area contributed by atoms with Crippen LogP contribution in [0.5, 0.6) is 11.5 Å². The van der Waals surface area contributed by atoms with E-state index in [0.29, 0.717) is 22.2 Å². The maximum atomic E-state index is 13.1. The topological polar surface area (TPSA) is 110 Å². The Labute approximate surface area is 148 Å². The Morgan fingerprint density at radius 1 is 1.24 bits per heavy atom. The molecule has 0 spiro atoms. The lowest BCUT2D eigenvalue weighted by Crippen LogP contribution is -2.24. The molecule has 3 aromatic rings. The Morgan fingerprint density at radius 3 is 2.84 bits per heavy atom. The fourth-order valence-electron chi connectivity index (χ4n) is 2.80. The van der Waals surface area contributed by atoms with E-state index in [-0.39, 0.29) is 20.7 Å². The van der Waals surface area contributed by atoms with Crippen LogP contribution in [0.3, 0.4) is 0 Å². The van der Waals surface area contributed by atoms with E-state index in [1.807, 2.05) is 0 Å². The monoisotopic (exact) mass is 372 g/mol. The van der Waals surface area contributed by atoms with E-state index in [0.717, 1.165) is 0 Å². The van der Waals surface area contributed by atoms with Crippen LogP contribution in [0.25, 0.3) is 10.9 Å². The van der Waals surface area contributed by atoms with Crippen LogP contribution in [0.4, 0.5) is 0 Å². The molecule has 0 bridgehead atoms. The largest absolute Gasteiger partial charge is 0.455 e. The zero-order valence-corrected chi connectivity index (χ0v) is 14.3. The van der Waals surface area contributed by atoms with E-state index in [4.69, 9.17) is 22.7 Å². The normalized spacial score (nSPS) is 14.7. The number of fused-ring (bicyclic) bond motifs is 4. The minimum atomic E-state index is -3.74. The molecule has 2 heterocycles. The van der Waals surface area contributed by atoms with Gasteiger partial charge in [0.05, 0.1) is 6.21 Å². The molecule has 0 saturated carbocycles. The summed E-state index contributed by atoms with van der Waals surface area (Å²) in [6, 6.07) is 9.95. The molecule has 0 saturated heterocycles. The summed E-state index contributed by atoms with van der Waals surface area (Å²) >= 11 is 4.69. The number of aromatic amines is 1. The van der Waals surface area contributed by atoms with E-state index >= 15 is 0 Å². The van der Waals surface area contributed by atoms with Crippen molar-refractivity contribution in [2.45, 2.75) is 9.79 Å².